The summed E-state index contributed by atoms with van der Waals surface area (Å²) in [5.74, 6) is 0. The quantitative estimate of drug-likeness (QED) is 0.799. The second-order valence-corrected chi connectivity index (χ2v) is 3.75. The summed E-state index contributed by atoms with van der Waals surface area (Å²) in [7, 11) is 3.20. The minimum absolute atomic E-state index is 0.117. The van der Waals surface area contributed by atoms with E-state index in [1.54, 1.807) is 14.1 Å². The number of urea groups is 1. The predicted octanol–water partition coefficient (Wildman–Crippen LogP) is 1.76. The highest BCUT2D eigenvalue weighted by Crippen LogP contribution is 2.27. The van der Waals surface area contributed by atoms with Crippen LogP contribution in [0.2, 0.25) is 5.15 Å². The Morgan fingerprint density at radius 1 is 1.71 bits per heavy atom. The van der Waals surface area contributed by atoms with Gasteiger partial charge in [-0.1, -0.05) is 11.6 Å². The molecule has 0 saturated heterocycles. The van der Waals surface area contributed by atoms with Crippen LogP contribution in [-0.2, 0) is 0 Å². The van der Waals surface area contributed by atoms with Crippen LogP contribution in [0.15, 0.2) is 0 Å². The lowest BCUT2D eigenvalue weighted by Gasteiger charge is -2.09. The van der Waals surface area contributed by atoms with Gasteiger partial charge in [-0.05, 0) is 11.5 Å². The van der Waals surface area contributed by atoms with Gasteiger partial charge < -0.3 is 4.90 Å². The third-order valence-electron chi connectivity index (χ3n) is 1.39. The first-order valence-corrected chi connectivity index (χ1v) is 4.75. The summed E-state index contributed by atoms with van der Waals surface area (Å²) in [4.78, 5) is 12.6. The second kappa shape index (κ2) is 4.26. The highest BCUT2D eigenvalue weighted by Gasteiger charge is 2.14. The van der Waals surface area contributed by atoms with E-state index in [2.05, 4.69) is 9.69 Å². The van der Waals surface area contributed by atoms with Crippen LogP contribution in [0.4, 0.5) is 9.80 Å². The molecule has 0 fully saturated rings. The van der Waals surface area contributed by atoms with Crippen LogP contribution in [0, 0.1) is 11.3 Å². The van der Waals surface area contributed by atoms with Gasteiger partial charge in [0.25, 0.3) is 0 Å². The van der Waals surface area contributed by atoms with E-state index in [0.717, 1.165) is 11.5 Å². The maximum Gasteiger partial charge on any atom is 0.322 e. The van der Waals surface area contributed by atoms with E-state index < -0.39 is 0 Å². The minimum Gasteiger partial charge on any atom is -0.331 e. The minimum atomic E-state index is -0.318. The van der Waals surface area contributed by atoms with E-state index in [-0.39, 0.29) is 16.7 Å². The third kappa shape index (κ3) is 2.13. The summed E-state index contributed by atoms with van der Waals surface area (Å²) in [6, 6.07) is 1.55. The van der Waals surface area contributed by atoms with Gasteiger partial charge >= 0.3 is 6.03 Å². The Labute approximate surface area is 90.1 Å². The SMILES string of the molecule is CN(C)C(=O)Nc1snc(Cl)c1C#N. The Morgan fingerprint density at radius 3 is 2.86 bits per heavy atom. The molecule has 1 rings (SSSR count). The van der Waals surface area contributed by atoms with E-state index >= 15 is 0 Å². The van der Waals surface area contributed by atoms with Gasteiger partial charge in [0.1, 0.15) is 16.6 Å². The Bertz CT molecular complexity index is 395. The standard InChI is InChI=1S/C7H7ClN4OS/c1-12(2)7(13)10-6-4(3-9)5(8)11-14-6/h1-2H3,(H,10,13). The number of nitrogens with zero attached hydrogens (tertiary/aromatic N) is 3. The highest BCUT2D eigenvalue weighted by atomic mass is 35.5. The van der Waals surface area contributed by atoms with Gasteiger partial charge in [-0.15, -0.1) is 0 Å². The van der Waals surface area contributed by atoms with Crippen molar-refractivity contribution in [2.75, 3.05) is 19.4 Å². The molecular weight excluding hydrogens is 224 g/mol. The lowest BCUT2D eigenvalue weighted by atomic mass is 10.4. The summed E-state index contributed by atoms with van der Waals surface area (Å²) >= 11 is 6.60. The summed E-state index contributed by atoms with van der Waals surface area (Å²) in [6.45, 7) is 0. The first-order chi connectivity index (χ1) is 6.56. The van der Waals surface area contributed by atoms with Crippen LogP contribution in [0.25, 0.3) is 0 Å². The summed E-state index contributed by atoms with van der Waals surface area (Å²) in [6.07, 6.45) is 0. The molecule has 5 nitrogen and oxygen atoms in total. The highest BCUT2D eigenvalue weighted by molar-refractivity contribution is 7.11. The second-order valence-electron chi connectivity index (χ2n) is 2.61. The van der Waals surface area contributed by atoms with Crippen molar-refractivity contribution in [2.45, 2.75) is 0 Å². The summed E-state index contributed by atoms with van der Waals surface area (Å²) in [5.41, 5.74) is 0.201. The molecule has 0 aliphatic heterocycles. The van der Waals surface area contributed by atoms with Crippen molar-refractivity contribution < 1.29 is 4.79 Å². The van der Waals surface area contributed by atoms with Crippen molar-refractivity contribution in [3.63, 3.8) is 0 Å². The molecule has 1 aromatic rings. The molecule has 7 heteroatoms. The average Bonchev–Trinajstić information content (AvgIpc) is 2.46. The molecule has 0 atom stereocenters. The Hall–Kier alpha value is -1.32. The number of nitriles is 1. The largest absolute Gasteiger partial charge is 0.331 e. The van der Waals surface area contributed by atoms with Crippen molar-refractivity contribution in [3.8, 4) is 6.07 Å². The molecule has 1 heterocycles. The molecule has 0 saturated carbocycles. The molecular formula is C7H7ClN4OS. The topological polar surface area (TPSA) is 69.0 Å². The number of rotatable bonds is 1. The molecule has 1 N–H and O–H groups in total. The van der Waals surface area contributed by atoms with E-state index in [1.807, 2.05) is 6.07 Å². The number of anilines is 1. The fourth-order valence-electron chi connectivity index (χ4n) is 0.662. The molecule has 0 aliphatic rings. The van der Waals surface area contributed by atoms with Crippen LogP contribution >= 0.6 is 23.1 Å². The molecule has 14 heavy (non-hydrogen) atoms. The van der Waals surface area contributed by atoms with Gasteiger partial charge in [0.05, 0.1) is 0 Å². The van der Waals surface area contributed by atoms with Crippen molar-refractivity contribution in [1.82, 2.24) is 9.27 Å². The van der Waals surface area contributed by atoms with Crippen LogP contribution in [0.3, 0.4) is 0 Å². The van der Waals surface area contributed by atoms with E-state index in [9.17, 15) is 4.79 Å². The third-order valence-corrected chi connectivity index (χ3v) is 2.53. The number of carbonyl (C=O) groups is 1. The number of halogens is 1. The van der Waals surface area contributed by atoms with Crippen molar-refractivity contribution in [2.24, 2.45) is 0 Å². The lowest BCUT2D eigenvalue weighted by Crippen LogP contribution is -2.27. The van der Waals surface area contributed by atoms with Crippen LogP contribution in [0.1, 0.15) is 5.56 Å². The van der Waals surface area contributed by atoms with E-state index in [4.69, 9.17) is 16.9 Å². The van der Waals surface area contributed by atoms with Crippen molar-refractivity contribution >= 4 is 34.2 Å². The van der Waals surface area contributed by atoms with E-state index in [1.165, 1.54) is 4.90 Å². The molecule has 0 aromatic carbocycles. The number of carbonyl (C=O) groups excluding carboxylic acids is 1. The zero-order valence-electron chi connectivity index (χ0n) is 7.54. The number of amides is 2. The van der Waals surface area contributed by atoms with Crippen molar-refractivity contribution in [3.05, 3.63) is 10.7 Å². The molecule has 74 valence electrons. The smallest absolute Gasteiger partial charge is 0.322 e. The van der Waals surface area contributed by atoms with Crippen LogP contribution in [0.5, 0.6) is 0 Å². The predicted molar refractivity (Wildman–Crippen MR) is 54.5 cm³/mol. The maximum atomic E-state index is 11.2. The van der Waals surface area contributed by atoms with Gasteiger partial charge in [0.15, 0.2) is 5.15 Å². The number of hydrogen-bond donors (Lipinski definition) is 1. The number of hydrogen-bond acceptors (Lipinski definition) is 4. The van der Waals surface area contributed by atoms with Gasteiger partial charge in [-0.2, -0.15) is 9.64 Å². The lowest BCUT2D eigenvalue weighted by molar-refractivity contribution is 0.231. The van der Waals surface area contributed by atoms with Crippen molar-refractivity contribution in [1.29, 1.82) is 5.26 Å². The Kier molecular flexibility index (Phi) is 3.28. The summed E-state index contributed by atoms with van der Waals surface area (Å²) < 4.78 is 3.75. The van der Waals surface area contributed by atoms with Gasteiger partial charge in [-0.25, -0.2) is 4.79 Å². The summed E-state index contributed by atoms with van der Waals surface area (Å²) in [5, 5.41) is 11.7. The first kappa shape index (κ1) is 10.8. The normalized spacial score (nSPS) is 9.29. The maximum absolute atomic E-state index is 11.2. The van der Waals surface area contributed by atoms with Crippen LogP contribution < -0.4 is 5.32 Å². The fraction of sp³-hybridized carbons (Fsp3) is 0.286. The first-order valence-electron chi connectivity index (χ1n) is 3.60. The van der Waals surface area contributed by atoms with Crippen LogP contribution in [-0.4, -0.2) is 29.4 Å². The number of nitrogens with one attached hydrogen (secondary N) is 1. The van der Waals surface area contributed by atoms with Gasteiger partial charge in [-0.3, -0.25) is 5.32 Å². The zero-order chi connectivity index (χ0) is 10.7. The molecule has 0 unspecified atom stereocenters. The fourth-order valence-corrected chi connectivity index (χ4v) is 1.59. The molecule has 0 radical (unpaired) electrons. The van der Waals surface area contributed by atoms with Gasteiger partial charge in [0.2, 0.25) is 0 Å². The molecule has 0 spiro atoms. The average molecular weight is 231 g/mol. The molecule has 0 bridgehead atoms. The number of aromatic nitrogens is 1. The zero-order valence-corrected chi connectivity index (χ0v) is 9.11. The monoisotopic (exact) mass is 230 g/mol. The molecule has 0 aliphatic carbocycles. The van der Waals surface area contributed by atoms with E-state index in [0.29, 0.717) is 5.00 Å². The molecule has 2 amide bonds. The Balaban J connectivity index is 2.88. The van der Waals surface area contributed by atoms with Gasteiger partial charge in [0, 0.05) is 14.1 Å². The Morgan fingerprint density at radius 2 is 2.36 bits per heavy atom. The molecule has 1 aromatic heterocycles.